The van der Waals surface area contributed by atoms with E-state index in [0.29, 0.717) is 51.7 Å². The molecule has 1 saturated carbocycles. The van der Waals surface area contributed by atoms with Gasteiger partial charge in [0.15, 0.2) is 17.7 Å². The van der Waals surface area contributed by atoms with Crippen LogP contribution in [0.15, 0.2) is 54.9 Å². The maximum absolute atomic E-state index is 14.9. The van der Waals surface area contributed by atoms with Crippen LogP contribution >= 0.6 is 11.3 Å². The molecule has 4 heterocycles. The fourth-order valence-electron chi connectivity index (χ4n) is 4.75. The number of thiophene rings is 1. The number of hydrogen-bond acceptors (Lipinski definition) is 8. The Labute approximate surface area is 238 Å². The van der Waals surface area contributed by atoms with Crippen LogP contribution in [0.25, 0.3) is 20.8 Å². The van der Waals surface area contributed by atoms with Gasteiger partial charge >= 0.3 is 5.97 Å². The standard InChI is InChI=1S/C30H26FN3O6S/c31-21-13-18(12-20(35)11-17-1-2-17)3-6-24(21)40-25-7-8-32-23-14-27(41-28(23)25)22-5-4-19(15-33-22)29(36)34-9-10-39-26(16-34)30(37)38/h3-8,13-15,17,26H,1-2,9-12,16H2,(H,37,38). The number of ether oxygens (including phenoxy) is 2. The number of carbonyl (C=O) groups is 3. The first-order valence-electron chi connectivity index (χ1n) is 13.3. The number of morpholine rings is 1. The third kappa shape index (κ3) is 6.10. The summed E-state index contributed by atoms with van der Waals surface area (Å²) in [5, 5.41) is 9.19. The lowest BCUT2D eigenvalue weighted by atomic mass is 10.0. The van der Waals surface area contributed by atoms with Crippen LogP contribution in [0.5, 0.6) is 11.5 Å². The number of hydrogen-bond donors (Lipinski definition) is 1. The third-order valence-corrected chi connectivity index (χ3v) is 8.26. The van der Waals surface area contributed by atoms with Crippen molar-refractivity contribution in [3.63, 3.8) is 0 Å². The minimum absolute atomic E-state index is 0.0253. The van der Waals surface area contributed by atoms with Gasteiger partial charge in [0.2, 0.25) is 0 Å². The number of aromatic nitrogens is 2. The normalized spacial score (nSPS) is 17.0. The lowest BCUT2D eigenvalue weighted by Gasteiger charge is -2.30. The van der Waals surface area contributed by atoms with Crippen LogP contribution < -0.4 is 4.74 Å². The number of aliphatic carboxylic acids is 1. The predicted octanol–water partition coefficient (Wildman–Crippen LogP) is 5.13. The number of rotatable bonds is 9. The molecule has 3 aromatic heterocycles. The summed E-state index contributed by atoms with van der Waals surface area (Å²) in [6, 6.07) is 11.5. The fourth-order valence-corrected chi connectivity index (χ4v) is 5.79. The number of carboxylic acid groups (broad SMARTS) is 1. The van der Waals surface area contributed by atoms with Gasteiger partial charge in [-0.15, -0.1) is 11.3 Å². The Hall–Kier alpha value is -4.22. The Morgan fingerprint density at radius 1 is 1.10 bits per heavy atom. The summed E-state index contributed by atoms with van der Waals surface area (Å²) in [5.74, 6) is -0.837. The highest BCUT2D eigenvalue weighted by atomic mass is 32.1. The van der Waals surface area contributed by atoms with Crippen LogP contribution in [0.4, 0.5) is 4.39 Å². The molecule has 4 aromatic rings. The van der Waals surface area contributed by atoms with Crippen molar-refractivity contribution in [3.8, 4) is 22.1 Å². The highest BCUT2D eigenvalue weighted by Crippen LogP contribution is 2.39. The summed E-state index contributed by atoms with van der Waals surface area (Å²) in [7, 11) is 0. The molecule has 210 valence electrons. The number of fused-ring (bicyclic) bond motifs is 1. The van der Waals surface area contributed by atoms with Gasteiger partial charge in [-0.25, -0.2) is 9.18 Å². The van der Waals surface area contributed by atoms with E-state index in [0.717, 1.165) is 17.7 Å². The molecule has 2 fully saturated rings. The summed E-state index contributed by atoms with van der Waals surface area (Å²) >= 11 is 1.38. The van der Waals surface area contributed by atoms with Crippen molar-refractivity contribution in [2.75, 3.05) is 19.7 Å². The molecule has 1 amide bonds. The maximum atomic E-state index is 14.9. The molecule has 0 bridgehead atoms. The average molecular weight is 576 g/mol. The van der Waals surface area contributed by atoms with Crippen molar-refractivity contribution in [3.05, 3.63) is 71.8 Å². The zero-order valence-corrected chi connectivity index (χ0v) is 22.7. The molecule has 1 unspecified atom stereocenters. The van der Waals surface area contributed by atoms with Gasteiger partial charge in [-0.05, 0) is 54.7 Å². The van der Waals surface area contributed by atoms with Gasteiger partial charge in [0.05, 0.1) is 39.5 Å². The minimum Gasteiger partial charge on any atom is -0.479 e. The van der Waals surface area contributed by atoms with Gasteiger partial charge in [-0.3, -0.25) is 19.6 Å². The average Bonchev–Trinajstić information content (AvgIpc) is 3.67. The predicted molar refractivity (Wildman–Crippen MR) is 149 cm³/mol. The van der Waals surface area contributed by atoms with Gasteiger partial charge in [0.1, 0.15) is 11.5 Å². The summed E-state index contributed by atoms with van der Waals surface area (Å²) < 4.78 is 26.7. The number of benzene rings is 1. The molecule has 1 saturated heterocycles. The smallest absolute Gasteiger partial charge is 0.334 e. The summed E-state index contributed by atoms with van der Waals surface area (Å²) in [6.45, 7) is 0.432. The number of ketones is 1. The van der Waals surface area contributed by atoms with Crippen LogP contribution in [0, 0.1) is 11.7 Å². The largest absolute Gasteiger partial charge is 0.479 e. The molecular formula is C30H26FN3O6S. The van der Waals surface area contributed by atoms with Crippen molar-refractivity contribution >= 4 is 39.2 Å². The lowest BCUT2D eigenvalue weighted by Crippen LogP contribution is -2.48. The molecule has 2 aliphatic rings. The van der Waals surface area contributed by atoms with E-state index in [-0.39, 0.29) is 37.0 Å². The van der Waals surface area contributed by atoms with Crippen LogP contribution in [0.2, 0.25) is 0 Å². The second-order valence-corrected chi connectivity index (χ2v) is 11.3. The topological polar surface area (TPSA) is 119 Å². The van der Waals surface area contributed by atoms with Gasteiger partial charge in [-0.2, -0.15) is 0 Å². The molecule has 6 rings (SSSR count). The summed E-state index contributed by atoms with van der Waals surface area (Å²) in [6.07, 6.45) is 4.98. The molecule has 1 aliphatic heterocycles. The van der Waals surface area contributed by atoms with Gasteiger partial charge in [0.25, 0.3) is 5.91 Å². The van der Waals surface area contributed by atoms with E-state index < -0.39 is 17.9 Å². The van der Waals surface area contributed by atoms with E-state index in [2.05, 4.69) is 9.97 Å². The number of carboxylic acids is 1. The number of nitrogens with zero attached hydrogens (tertiary/aromatic N) is 3. The van der Waals surface area contributed by atoms with E-state index in [4.69, 9.17) is 9.47 Å². The molecule has 0 radical (unpaired) electrons. The minimum atomic E-state index is -1.10. The summed E-state index contributed by atoms with van der Waals surface area (Å²) in [4.78, 5) is 47.4. The zero-order chi connectivity index (χ0) is 28.5. The van der Waals surface area contributed by atoms with Crippen molar-refractivity contribution in [1.82, 2.24) is 14.9 Å². The van der Waals surface area contributed by atoms with Crippen LogP contribution in [-0.2, 0) is 20.7 Å². The quantitative estimate of drug-likeness (QED) is 0.292. The molecule has 41 heavy (non-hydrogen) atoms. The Kier molecular flexibility index (Phi) is 7.46. The zero-order valence-electron chi connectivity index (χ0n) is 21.9. The number of pyridine rings is 2. The first-order chi connectivity index (χ1) is 19.8. The molecule has 1 N–H and O–H groups in total. The van der Waals surface area contributed by atoms with Crippen molar-refractivity contribution in [2.45, 2.75) is 31.8 Å². The molecule has 1 aromatic carbocycles. The second-order valence-electron chi connectivity index (χ2n) is 10.2. The Morgan fingerprint density at radius 2 is 1.95 bits per heavy atom. The van der Waals surface area contributed by atoms with Crippen molar-refractivity contribution < 1.29 is 33.4 Å². The summed E-state index contributed by atoms with van der Waals surface area (Å²) in [5.41, 5.74) is 2.24. The van der Waals surface area contributed by atoms with Crippen LogP contribution in [0.1, 0.15) is 35.2 Å². The van der Waals surface area contributed by atoms with Crippen molar-refractivity contribution in [2.24, 2.45) is 5.92 Å². The molecule has 9 nitrogen and oxygen atoms in total. The van der Waals surface area contributed by atoms with Gasteiger partial charge in [0, 0.05) is 37.8 Å². The monoisotopic (exact) mass is 575 g/mol. The van der Waals surface area contributed by atoms with Crippen LogP contribution in [0.3, 0.4) is 0 Å². The number of carbonyl (C=O) groups excluding carboxylic acids is 2. The van der Waals surface area contributed by atoms with Gasteiger partial charge in [-0.1, -0.05) is 6.07 Å². The maximum Gasteiger partial charge on any atom is 0.334 e. The van der Waals surface area contributed by atoms with E-state index in [1.807, 2.05) is 6.07 Å². The van der Waals surface area contributed by atoms with E-state index >= 15 is 0 Å². The molecule has 1 aliphatic carbocycles. The first-order valence-corrected chi connectivity index (χ1v) is 14.1. The number of halogens is 1. The molecule has 0 spiro atoms. The molecule has 11 heteroatoms. The Balaban J connectivity index is 1.17. The molecule has 1 atom stereocenters. The van der Waals surface area contributed by atoms with E-state index in [1.54, 1.807) is 36.5 Å². The Bertz CT molecular complexity index is 1640. The highest BCUT2D eigenvalue weighted by Gasteiger charge is 2.29. The van der Waals surface area contributed by atoms with E-state index in [1.165, 1.54) is 28.5 Å². The van der Waals surface area contributed by atoms with Gasteiger partial charge < -0.3 is 19.5 Å². The lowest BCUT2D eigenvalue weighted by molar-refractivity contribution is -0.154. The second kappa shape index (κ2) is 11.3. The Morgan fingerprint density at radius 3 is 2.68 bits per heavy atom. The van der Waals surface area contributed by atoms with E-state index in [9.17, 15) is 23.9 Å². The SMILES string of the molecule is O=C(Cc1ccc(Oc2ccnc3cc(-c4ccc(C(=O)N5CCOC(C(=O)O)C5)cn4)sc23)c(F)c1)CC1CC1. The third-order valence-electron chi connectivity index (χ3n) is 7.10. The first kappa shape index (κ1) is 27.0. The number of amides is 1. The highest BCUT2D eigenvalue weighted by molar-refractivity contribution is 7.22. The van der Waals surface area contributed by atoms with Crippen molar-refractivity contribution in [1.29, 1.82) is 0 Å². The fraction of sp³-hybridized carbons (Fsp3) is 0.300. The molecular weight excluding hydrogens is 549 g/mol. The van der Waals surface area contributed by atoms with Crippen LogP contribution in [-0.4, -0.2) is 63.4 Å². The number of Topliss-reactive ketones (excluding diaryl/α,β-unsaturated/α-hetero) is 1.